The number of hydrogen-bond acceptors (Lipinski definition) is 5. The van der Waals surface area contributed by atoms with Gasteiger partial charge in [-0.2, -0.15) is 5.10 Å². The Morgan fingerprint density at radius 1 is 1.57 bits per heavy atom. The molecule has 8 heteroatoms. The highest BCUT2D eigenvalue weighted by molar-refractivity contribution is 7.11. The number of nitrogens with zero attached hydrogens (tertiary/aromatic N) is 3. The van der Waals surface area contributed by atoms with Gasteiger partial charge >= 0.3 is 6.03 Å². The summed E-state index contributed by atoms with van der Waals surface area (Å²) in [4.78, 5) is 20.6. The van der Waals surface area contributed by atoms with Gasteiger partial charge in [0, 0.05) is 23.4 Å². The number of aromatic nitrogens is 3. The molecule has 0 aliphatic carbocycles. The molecule has 23 heavy (non-hydrogen) atoms. The summed E-state index contributed by atoms with van der Waals surface area (Å²) >= 11 is 1.70. The second kappa shape index (κ2) is 7.10. The summed E-state index contributed by atoms with van der Waals surface area (Å²) in [6.07, 6.45) is 1.98. The summed E-state index contributed by atoms with van der Waals surface area (Å²) < 4.78 is 5.55. The first-order chi connectivity index (χ1) is 11.1. The van der Waals surface area contributed by atoms with Crippen LogP contribution in [-0.4, -0.2) is 39.8 Å². The lowest BCUT2D eigenvalue weighted by molar-refractivity contribution is 0.105. The van der Waals surface area contributed by atoms with Crippen molar-refractivity contribution >= 4 is 17.4 Å². The molecule has 1 saturated heterocycles. The van der Waals surface area contributed by atoms with Gasteiger partial charge in [0.15, 0.2) is 5.82 Å². The molecule has 0 saturated carbocycles. The second-order valence-electron chi connectivity index (χ2n) is 5.67. The van der Waals surface area contributed by atoms with Crippen LogP contribution in [0.4, 0.5) is 4.79 Å². The molecule has 0 bridgehead atoms. The van der Waals surface area contributed by atoms with E-state index in [1.165, 1.54) is 9.75 Å². The molecule has 124 valence electrons. The van der Waals surface area contributed by atoms with Crippen molar-refractivity contribution in [2.45, 2.75) is 39.0 Å². The molecule has 0 radical (unpaired) electrons. The third-order valence-electron chi connectivity index (χ3n) is 3.71. The maximum atomic E-state index is 12.1. The Morgan fingerprint density at radius 2 is 2.43 bits per heavy atom. The van der Waals surface area contributed by atoms with Crippen molar-refractivity contribution in [3.05, 3.63) is 33.5 Å². The molecule has 1 aliphatic rings. The van der Waals surface area contributed by atoms with E-state index in [0.29, 0.717) is 24.7 Å². The highest BCUT2D eigenvalue weighted by atomic mass is 32.1. The van der Waals surface area contributed by atoms with Gasteiger partial charge in [0.1, 0.15) is 11.9 Å². The highest BCUT2D eigenvalue weighted by Crippen LogP contribution is 2.25. The Morgan fingerprint density at radius 3 is 3.13 bits per heavy atom. The SMILES string of the molecule is Cc1ccc(CN(C)C(=O)NCc2nc(C3CCCO3)n[nH]2)s1. The highest BCUT2D eigenvalue weighted by Gasteiger charge is 2.22. The first-order valence-corrected chi connectivity index (χ1v) is 8.50. The van der Waals surface area contributed by atoms with Crippen LogP contribution < -0.4 is 5.32 Å². The van der Waals surface area contributed by atoms with Crippen molar-refractivity contribution in [3.63, 3.8) is 0 Å². The molecule has 2 amide bonds. The normalized spacial score (nSPS) is 17.4. The molecule has 1 aliphatic heterocycles. The fraction of sp³-hybridized carbons (Fsp3) is 0.533. The molecule has 2 N–H and O–H groups in total. The van der Waals surface area contributed by atoms with Crippen molar-refractivity contribution in [2.75, 3.05) is 13.7 Å². The molecule has 1 fully saturated rings. The number of urea groups is 1. The zero-order valence-electron chi connectivity index (χ0n) is 13.3. The molecule has 7 nitrogen and oxygen atoms in total. The first-order valence-electron chi connectivity index (χ1n) is 7.69. The van der Waals surface area contributed by atoms with Crippen molar-refractivity contribution in [3.8, 4) is 0 Å². The number of amides is 2. The third-order valence-corrected chi connectivity index (χ3v) is 4.69. The van der Waals surface area contributed by atoms with Crippen molar-refractivity contribution < 1.29 is 9.53 Å². The van der Waals surface area contributed by atoms with Gasteiger partial charge in [-0.05, 0) is 31.9 Å². The minimum absolute atomic E-state index is 0.0135. The second-order valence-corrected chi connectivity index (χ2v) is 7.04. The summed E-state index contributed by atoms with van der Waals surface area (Å²) in [5, 5.41) is 9.87. The van der Waals surface area contributed by atoms with E-state index in [-0.39, 0.29) is 12.1 Å². The smallest absolute Gasteiger partial charge is 0.317 e. The Hall–Kier alpha value is -1.93. The number of carbonyl (C=O) groups excluding carboxylic acids is 1. The fourth-order valence-electron chi connectivity index (χ4n) is 2.48. The molecule has 3 heterocycles. The summed E-state index contributed by atoms with van der Waals surface area (Å²) in [6.45, 7) is 3.75. The quantitative estimate of drug-likeness (QED) is 0.879. The predicted molar refractivity (Wildman–Crippen MR) is 87.1 cm³/mol. The van der Waals surface area contributed by atoms with Crippen LogP contribution in [0.15, 0.2) is 12.1 Å². The molecular formula is C15H21N5O2S. The summed E-state index contributed by atoms with van der Waals surface area (Å²) in [7, 11) is 1.78. The summed E-state index contributed by atoms with van der Waals surface area (Å²) in [5.41, 5.74) is 0. The van der Waals surface area contributed by atoms with Gasteiger partial charge in [-0.15, -0.1) is 11.3 Å². The fourth-order valence-corrected chi connectivity index (χ4v) is 3.43. The van der Waals surface area contributed by atoms with Gasteiger partial charge in [-0.25, -0.2) is 9.78 Å². The molecule has 1 atom stereocenters. The van der Waals surface area contributed by atoms with E-state index in [1.54, 1.807) is 23.3 Å². The largest absolute Gasteiger partial charge is 0.370 e. The van der Waals surface area contributed by atoms with Crippen LogP contribution in [0.5, 0.6) is 0 Å². The van der Waals surface area contributed by atoms with E-state index >= 15 is 0 Å². The number of thiophene rings is 1. The molecule has 0 spiro atoms. The van der Waals surface area contributed by atoms with Gasteiger partial charge in [0.2, 0.25) is 0 Å². The van der Waals surface area contributed by atoms with Crippen LogP contribution in [0.2, 0.25) is 0 Å². The molecular weight excluding hydrogens is 314 g/mol. The monoisotopic (exact) mass is 335 g/mol. The zero-order chi connectivity index (χ0) is 16.2. The van der Waals surface area contributed by atoms with E-state index < -0.39 is 0 Å². The lowest BCUT2D eigenvalue weighted by Crippen LogP contribution is -2.36. The third kappa shape index (κ3) is 4.08. The Labute approximate surface area is 139 Å². The van der Waals surface area contributed by atoms with Gasteiger partial charge in [0.05, 0.1) is 13.1 Å². The van der Waals surface area contributed by atoms with E-state index in [1.807, 2.05) is 6.07 Å². The number of ether oxygens (including phenoxy) is 1. The van der Waals surface area contributed by atoms with Crippen molar-refractivity contribution in [1.29, 1.82) is 0 Å². The van der Waals surface area contributed by atoms with E-state index in [4.69, 9.17) is 4.74 Å². The zero-order valence-corrected chi connectivity index (χ0v) is 14.2. The number of H-pyrrole nitrogens is 1. The average molecular weight is 335 g/mol. The van der Waals surface area contributed by atoms with Crippen molar-refractivity contribution in [1.82, 2.24) is 25.4 Å². The van der Waals surface area contributed by atoms with E-state index in [2.05, 4.69) is 33.5 Å². The summed E-state index contributed by atoms with van der Waals surface area (Å²) in [6, 6.07) is 3.98. The molecule has 2 aromatic heterocycles. The van der Waals surface area contributed by atoms with Crippen LogP contribution in [0.25, 0.3) is 0 Å². The number of aromatic amines is 1. The molecule has 2 aromatic rings. The number of aryl methyl sites for hydroxylation is 1. The number of carbonyl (C=O) groups is 1. The topological polar surface area (TPSA) is 83.1 Å². The first kappa shape index (κ1) is 15.9. The van der Waals surface area contributed by atoms with Gasteiger partial charge in [-0.1, -0.05) is 0 Å². The number of rotatable bonds is 5. The maximum Gasteiger partial charge on any atom is 0.317 e. The van der Waals surface area contributed by atoms with Crippen molar-refractivity contribution in [2.24, 2.45) is 0 Å². The molecule has 0 aromatic carbocycles. The summed E-state index contributed by atoms with van der Waals surface area (Å²) in [5.74, 6) is 1.32. The maximum absolute atomic E-state index is 12.1. The van der Waals surface area contributed by atoms with Crippen LogP contribution in [0, 0.1) is 6.92 Å². The standard InChI is InChI=1S/C15H21N5O2S/c1-10-5-6-11(23-10)9-20(2)15(21)16-8-13-17-14(19-18-13)12-4-3-7-22-12/h5-6,12H,3-4,7-9H2,1-2H3,(H,16,21)(H,17,18,19). The Kier molecular flexibility index (Phi) is 4.92. The van der Waals surface area contributed by atoms with E-state index in [0.717, 1.165) is 19.4 Å². The lowest BCUT2D eigenvalue weighted by Gasteiger charge is -2.16. The minimum Gasteiger partial charge on any atom is -0.370 e. The van der Waals surface area contributed by atoms with Crippen LogP contribution in [0.3, 0.4) is 0 Å². The lowest BCUT2D eigenvalue weighted by atomic mass is 10.2. The minimum atomic E-state index is -0.133. The van der Waals surface area contributed by atoms with Crippen LogP contribution >= 0.6 is 11.3 Å². The number of nitrogens with one attached hydrogen (secondary N) is 2. The Bertz CT molecular complexity index is 662. The van der Waals surface area contributed by atoms with Crippen LogP contribution in [0.1, 0.15) is 40.3 Å². The average Bonchev–Trinajstić information content (AvgIpc) is 3.26. The number of hydrogen-bond donors (Lipinski definition) is 2. The van der Waals surface area contributed by atoms with E-state index in [9.17, 15) is 4.79 Å². The molecule has 3 rings (SSSR count). The van der Waals surface area contributed by atoms with Crippen LogP contribution in [-0.2, 0) is 17.8 Å². The van der Waals surface area contributed by atoms with Gasteiger partial charge in [-0.3, -0.25) is 5.10 Å². The Balaban J connectivity index is 1.48. The van der Waals surface area contributed by atoms with Gasteiger partial charge < -0.3 is 15.0 Å². The van der Waals surface area contributed by atoms with Gasteiger partial charge in [0.25, 0.3) is 0 Å². The molecule has 1 unspecified atom stereocenters. The predicted octanol–water partition coefficient (Wildman–Crippen LogP) is 2.37.